The Morgan fingerprint density at radius 2 is 1.74 bits per heavy atom. The van der Waals surface area contributed by atoms with Crippen LogP contribution in [0.25, 0.3) is 11.4 Å². The first kappa shape index (κ1) is 15.7. The van der Waals surface area contributed by atoms with E-state index in [1.807, 2.05) is 60.7 Å². The second-order valence-corrected chi connectivity index (χ2v) is 6.78. The lowest BCUT2D eigenvalue weighted by Crippen LogP contribution is -2.24. The van der Waals surface area contributed by atoms with E-state index in [9.17, 15) is 4.79 Å². The topological polar surface area (TPSA) is 54.9 Å². The number of thioether (sulfide) groups is 1. The van der Waals surface area contributed by atoms with E-state index in [0.29, 0.717) is 18.1 Å². The monoisotopic (exact) mass is 341 g/mol. The Bertz CT molecular complexity index is 760. The lowest BCUT2D eigenvalue weighted by atomic mass is 10.2. The molecule has 2 aromatic carbocycles. The molecule has 0 bridgehead atoms. The van der Waals surface area contributed by atoms with E-state index in [-0.39, 0.29) is 5.91 Å². The lowest BCUT2D eigenvalue weighted by Gasteiger charge is -2.03. The first-order chi connectivity index (χ1) is 11.3. The summed E-state index contributed by atoms with van der Waals surface area (Å²) in [5, 5.41) is 2.90. The molecule has 0 atom stereocenters. The van der Waals surface area contributed by atoms with E-state index in [4.69, 9.17) is 0 Å². The number of aromatic nitrogens is 2. The molecule has 23 heavy (non-hydrogen) atoms. The van der Waals surface area contributed by atoms with Gasteiger partial charge in [-0.25, -0.2) is 4.98 Å². The number of rotatable bonds is 6. The molecule has 0 aliphatic carbocycles. The van der Waals surface area contributed by atoms with E-state index >= 15 is 0 Å². The molecule has 0 unspecified atom stereocenters. The van der Waals surface area contributed by atoms with Crippen molar-refractivity contribution >= 4 is 29.2 Å². The number of carbonyl (C=O) groups is 1. The number of nitrogens with zero attached hydrogens (tertiary/aromatic N) is 2. The Morgan fingerprint density at radius 3 is 2.48 bits per heavy atom. The highest BCUT2D eigenvalue weighted by atomic mass is 32.2. The molecule has 0 saturated carbocycles. The summed E-state index contributed by atoms with van der Waals surface area (Å²) in [5.41, 5.74) is 2.08. The normalized spacial score (nSPS) is 10.4. The fourth-order valence-corrected chi connectivity index (χ4v) is 3.39. The number of hydrogen-bond acceptors (Lipinski definition) is 5. The number of amides is 1. The van der Waals surface area contributed by atoms with E-state index in [0.717, 1.165) is 15.5 Å². The molecule has 116 valence electrons. The van der Waals surface area contributed by atoms with E-state index in [2.05, 4.69) is 14.7 Å². The Morgan fingerprint density at radius 1 is 1.04 bits per heavy atom. The molecule has 0 spiro atoms. The molecular weight excluding hydrogens is 326 g/mol. The van der Waals surface area contributed by atoms with Crippen molar-refractivity contribution in [3.8, 4) is 11.4 Å². The summed E-state index contributed by atoms with van der Waals surface area (Å²) in [6.45, 7) is 0.547. The number of benzene rings is 2. The fraction of sp³-hybridized carbons (Fsp3) is 0.118. The molecule has 3 rings (SSSR count). The van der Waals surface area contributed by atoms with Crippen LogP contribution in [0.15, 0.2) is 65.0 Å². The third-order valence-corrected chi connectivity index (χ3v) is 4.93. The van der Waals surface area contributed by atoms with Crippen LogP contribution in [-0.4, -0.2) is 21.0 Å². The minimum atomic E-state index is -0.00434. The molecular formula is C17H15N3OS2. The molecule has 1 heterocycles. The van der Waals surface area contributed by atoms with Crippen LogP contribution in [0, 0.1) is 0 Å². The Kier molecular flexibility index (Phi) is 5.39. The van der Waals surface area contributed by atoms with Crippen LogP contribution in [0.5, 0.6) is 0 Å². The maximum absolute atomic E-state index is 11.9. The molecule has 0 radical (unpaired) electrons. The average molecular weight is 341 g/mol. The van der Waals surface area contributed by atoms with Crippen LogP contribution in [-0.2, 0) is 11.3 Å². The van der Waals surface area contributed by atoms with Gasteiger partial charge in [-0.15, -0.1) is 0 Å². The molecule has 1 N–H and O–H groups in total. The Labute approximate surface area is 143 Å². The van der Waals surface area contributed by atoms with Crippen molar-refractivity contribution in [3.05, 3.63) is 66.2 Å². The number of carbonyl (C=O) groups excluding carboxylic acids is 1. The van der Waals surface area contributed by atoms with E-state index < -0.39 is 0 Å². The zero-order chi connectivity index (χ0) is 15.9. The van der Waals surface area contributed by atoms with Gasteiger partial charge in [0.25, 0.3) is 0 Å². The summed E-state index contributed by atoms with van der Waals surface area (Å²) in [7, 11) is 0. The molecule has 1 amide bonds. The van der Waals surface area contributed by atoms with Gasteiger partial charge in [0, 0.05) is 12.1 Å². The van der Waals surface area contributed by atoms with E-state index in [1.165, 1.54) is 23.3 Å². The Hall–Kier alpha value is -2.18. The highest BCUT2D eigenvalue weighted by Crippen LogP contribution is 2.24. The largest absolute Gasteiger partial charge is 0.351 e. The van der Waals surface area contributed by atoms with Gasteiger partial charge >= 0.3 is 0 Å². The molecule has 0 aliphatic heterocycles. The number of hydrogen-bond donors (Lipinski definition) is 1. The molecule has 3 aromatic rings. The van der Waals surface area contributed by atoms with Gasteiger partial charge in [0.15, 0.2) is 10.2 Å². The smallest absolute Gasteiger partial charge is 0.230 e. The van der Waals surface area contributed by atoms with Gasteiger partial charge in [0.2, 0.25) is 5.91 Å². The predicted octanol–water partition coefficient (Wildman–Crippen LogP) is 3.61. The molecule has 4 nitrogen and oxygen atoms in total. The second-order valence-electron chi connectivity index (χ2n) is 4.80. The SMILES string of the molecule is O=C(CSc1nc(-c2ccccc2)ns1)NCc1ccccc1. The van der Waals surface area contributed by atoms with Gasteiger partial charge < -0.3 is 5.32 Å². The maximum atomic E-state index is 11.9. The summed E-state index contributed by atoms with van der Waals surface area (Å²) in [6, 6.07) is 19.7. The van der Waals surface area contributed by atoms with Crippen molar-refractivity contribution in [3.63, 3.8) is 0 Å². The van der Waals surface area contributed by atoms with Crippen LogP contribution < -0.4 is 5.32 Å². The van der Waals surface area contributed by atoms with Crippen molar-refractivity contribution in [1.29, 1.82) is 0 Å². The fourth-order valence-electron chi connectivity index (χ4n) is 1.95. The predicted molar refractivity (Wildman–Crippen MR) is 94.4 cm³/mol. The van der Waals surface area contributed by atoms with E-state index in [1.54, 1.807) is 0 Å². The summed E-state index contributed by atoms with van der Waals surface area (Å²) >= 11 is 2.73. The third-order valence-electron chi connectivity index (χ3n) is 3.10. The molecule has 0 saturated heterocycles. The van der Waals surface area contributed by atoms with Gasteiger partial charge in [0.05, 0.1) is 5.75 Å². The quantitative estimate of drug-likeness (QED) is 0.696. The van der Waals surface area contributed by atoms with Crippen molar-refractivity contribution < 1.29 is 4.79 Å². The molecule has 6 heteroatoms. The number of nitrogens with one attached hydrogen (secondary N) is 1. The third kappa shape index (κ3) is 4.64. The zero-order valence-electron chi connectivity index (χ0n) is 12.3. The lowest BCUT2D eigenvalue weighted by molar-refractivity contribution is -0.118. The second kappa shape index (κ2) is 7.89. The average Bonchev–Trinajstić information content (AvgIpc) is 3.09. The molecule has 0 aliphatic rings. The molecule has 1 aromatic heterocycles. The first-order valence-corrected chi connectivity index (χ1v) is 8.90. The Balaban J connectivity index is 1.49. The minimum absolute atomic E-state index is 0.00434. The van der Waals surface area contributed by atoms with Crippen molar-refractivity contribution in [2.45, 2.75) is 10.9 Å². The zero-order valence-corrected chi connectivity index (χ0v) is 13.9. The maximum Gasteiger partial charge on any atom is 0.230 e. The van der Waals surface area contributed by atoms with Gasteiger partial charge in [0.1, 0.15) is 0 Å². The van der Waals surface area contributed by atoms with Crippen LogP contribution in [0.3, 0.4) is 0 Å². The van der Waals surface area contributed by atoms with Crippen LogP contribution in [0.4, 0.5) is 0 Å². The standard InChI is InChI=1S/C17H15N3OS2/c21-15(18-11-13-7-3-1-4-8-13)12-22-17-19-16(20-23-17)14-9-5-2-6-10-14/h1-10H,11-12H2,(H,18,21). The highest BCUT2D eigenvalue weighted by Gasteiger charge is 2.09. The summed E-state index contributed by atoms with van der Waals surface area (Å²) < 4.78 is 5.14. The summed E-state index contributed by atoms with van der Waals surface area (Å²) in [6.07, 6.45) is 0. The van der Waals surface area contributed by atoms with Gasteiger partial charge in [-0.2, -0.15) is 4.37 Å². The van der Waals surface area contributed by atoms with Crippen molar-refractivity contribution in [2.24, 2.45) is 0 Å². The summed E-state index contributed by atoms with van der Waals surface area (Å²) in [5.74, 6) is 1.05. The van der Waals surface area contributed by atoms with Crippen LogP contribution in [0.2, 0.25) is 0 Å². The van der Waals surface area contributed by atoms with Crippen LogP contribution in [0.1, 0.15) is 5.56 Å². The van der Waals surface area contributed by atoms with Crippen molar-refractivity contribution in [2.75, 3.05) is 5.75 Å². The van der Waals surface area contributed by atoms with Gasteiger partial charge in [-0.05, 0) is 17.1 Å². The van der Waals surface area contributed by atoms with Gasteiger partial charge in [-0.3, -0.25) is 4.79 Å². The molecule has 0 fully saturated rings. The highest BCUT2D eigenvalue weighted by molar-refractivity contribution is 8.01. The minimum Gasteiger partial charge on any atom is -0.351 e. The van der Waals surface area contributed by atoms with Gasteiger partial charge in [-0.1, -0.05) is 72.4 Å². The first-order valence-electron chi connectivity index (χ1n) is 7.14. The van der Waals surface area contributed by atoms with Crippen LogP contribution >= 0.6 is 23.3 Å². The summed E-state index contributed by atoms with van der Waals surface area (Å²) in [4.78, 5) is 16.4. The van der Waals surface area contributed by atoms with Crippen molar-refractivity contribution in [1.82, 2.24) is 14.7 Å².